The van der Waals surface area contributed by atoms with E-state index < -0.39 is 17.8 Å². The number of hydrogen-bond donors (Lipinski definition) is 3. The number of carbonyl (C=O) groups is 3. The Morgan fingerprint density at radius 2 is 1.28 bits per heavy atom. The van der Waals surface area contributed by atoms with Gasteiger partial charge in [0.15, 0.2) is 0 Å². The van der Waals surface area contributed by atoms with Crippen LogP contribution in [0.1, 0.15) is 23.2 Å². The Morgan fingerprint density at radius 1 is 0.828 bits per heavy atom. The molecule has 0 aliphatic heterocycles. The number of nitrogens with one attached hydrogen (secondary N) is 2. The molecule has 7 heteroatoms. The molecule has 7 nitrogen and oxygen atoms in total. The van der Waals surface area contributed by atoms with Crippen LogP contribution in [-0.2, 0) is 9.59 Å². The van der Waals surface area contributed by atoms with Crippen molar-refractivity contribution in [1.29, 1.82) is 0 Å². The average molecular weight is 394 g/mol. The fourth-order valence-electron chi connectivity index (χ4n) is 3.23. The largest absolute Gasteiger partial charge is 0.497 e. The number of rotatable bonds is 6. The molecule has 0 radical (unpaired) electrons. The van der Waals surface area contributed by atoms with E-state index in [1.165, 1.54) is 24.3 Å². The van der Waals surface area contributed by atoms with E-state index in [2.05, 4.69) is 10.6 Å². The van der Waals surface area contributed by atoms with E-state index in [-0.39, 0.29) is 17.4 Å². The molecule has 2 amide bonds. The predicted octanol–water partition coefficient (Wildman–Crippen LogP) is 3.55. The van der Waals surface area contributed by atoms with Gasteiger partial charge in [-0.15, -0.1) is 0 Å². The van der Waals surface area contributed by atoms with Crippen molar-refractivity contribution in [3.63, 3.8) is 0 Å². The normalized spacial score (nSPS) is 18.0. The van der Waals surface area contributed by atoms with E-state index in [9.17, 15) is 14.4 Å². The third-order valence-corrected chi connectivity index (χ3v) is 4.86. The molecule has 2 aromatic carbocycles. The third-order valence-electron chi connectivity index (χ3n) is 4.86. The van der Waals surface area contributed by atoms with E-state index in [4.69, 9.17) is 9.84 Å². The molecule has 2 atom stereocenters. The molecule has 2 aromatic rings. The summed E-state index contributed by atoms with van der Waals surface area (Å²) >= 11 is 0. The first kappa shape index (κ1) is 20.1. The molecule has 0 heterocycles. The first-order valence-electron chi connectivity index (χ1n) is 9.22. The van der Waals surface area contributed by atoms with Gasteiger partial charge in [-0.1, -0.05) is 12.2 Å². The zero-order valence-corrected chi connectivity index (χ0v) is 15.9. The molecule has 0 aromatic heterocycles. The number of aromatic carboxylic acids is 1. The maximum atomic E-state index is 12.8. The topological polar surface area (TPSA) is 105 Å². The lowest BCUT2D eigenvalue weighted by Crippen LogP contribution is -2.37. The van der Waals surface area contributed by atoms with Crippen LogP contribution in [-0.4, -0.2) is 30.0 Å². The molecule has 29 heavy (non-hydrogen) atoms. The van der Waals surface area contributed by atoms with Gasteiger partial charge in [0.05, 0.1) is 24.5 Å². The Bertz CT molecular complexity index is 919. The molecular weight excluding hydrogens is 372 g/mol. The fraction of sp³-hybridized carbons (Fsp3) is 0.227. The molecule has 1 aliphatic rings. The Hall–Kier alpha value is -3.61. The van der Waals surface area contributed by atoms with Crippen molar-refractivity contribution < 1.29 is 24.2 Å². The quantitative estimate of drug-likeness (QED) is 0.650. The van der Waals surface area contributed by atoms with Crippen LogP contribution >= 0.6 is 0 Å². The van der Waals surface area contributed by atoms with E-state index in [1.807, 2.05) is 12.2 Å². The molecule has 2 unspecified atom stereocenters. The number of carboxylic acids is 1. The number of methoxy groups -OCH3 is 1. The molecule has 3 N–H and O–H groups in total. The highest BCUT2D eigenvalue weighted by molar-refractivity contribution is 6.00. The lowest BCUT2D eigenvalue weighted by Gasteiger charge is -2.26. The Balaban J connectivity index is 1.67. The van der Waals surface area contributed by atoms with Gasteiger partial charge in [-0.3, -0.25) is 9.59 Å². The molecule has 1 aliphatic carbocycles. The summed E-state index contributed by atoms with van der Waals surface area (Å²) in [7, 11) is 1.57. The van der Waals surface area contributed by atoms with Gasteiger partial charge in [0, 0.05) is 11.4 Å². The lowest BCUT2D eigenvalue weighted by atomic mass is 9.81. The van der Waals surface area contributed by atoms with Crippen LogP contribution in [0.3, 0.4) is 0 Å². The number of hydrogen-bond acceptors (Lipinski definition) is 4. The van der Waals surface area contributed by atoms with Crippen LogP contribution in [0.4, 0.5) is 11.4 Å². The third kappa shape index (κ3) is 5.01. The van der Waals surface area contributed by atoms with Crippen molar-refractivity contribution in [2.45, 2.75) is 12.8 Å². The molecule has 0 saturated heterocycles. The van der Waals surface area contributed by atoms with Crippen molar-refractivity contribution in [3.05, 3.63) is 66.2 Å². The molecule has 0 saturated carbocycles. The van der Waals surface area contributed by atoms with Gasteiger partial charge in [-0.2, -0.15) is 0 Å². The highest BCUT2D eigenvalue weighted by Crippen LogP contribution is 2.29. The van der Waals surface area contributed by atoms with Crippen LogP contribution < -0.4 is 15.4 Å². The van der Waals surface area contributed by atoms with Gasteiger partial charge in [-0.05, 0) is 61.4 Å². The molecule has 0 bridgehead atoms. The summed E-state index contributed by atoms with van der Waals surface area (Å²) in [6, 6.07) is 12.9. The highest BCUT2D eigenvalue weighted by atomic mass is 16.5. The van der Waals surface area contributed by atoms with E-state index in [1.54, 1.807) is 31.4 Å². The Labute approximate surface area is 168 Å². The van der Waals surface area contributed by atoms with Crippen LogP contribution in [0.5, 0.6) is 5.75 Å². The van der Waals surface area contributed by atoms with Gasteiger partial charge in [0.2, 0.25) is 11.8 Å². The minimum Gasteiger partial charge on any atom is -0.497 e. The minimum absolute atomic E-state index is 0.139. The monoisotopic (exact) mass is 394 g/mol. The second kappa shape index (κ2) is 9.05. The first-order chi connectivity index (χ1) is 14.0. The smallest absolute Gasteiger partial charge is 0.335 e. The van der Waals surface area contributed by atoms with Crippen molar-refractivity contribution in [1.82, 2.24) is 0 Å². The second-order valence-electron chi connectivity index (χ2n) is 6.75. The number of benzene rings is 2. The molecular formula is C22H22N2O5. The maximum Gasteiger partial charge on any atom is 0.335 e. The minimum atomic E-state index is -1.03. The van der Waals surface area contributed by atoms with Gasteiger partial charge in [0.1, 0.15) is 5.75 Å². The fourth-order valence-corrected chi connectivity index (χ4v) is 3.23. The predicted molar refractivity (Wildman–Crippen MR) is 109 cm³/mol. The zero-order chi connectivity index (χ0) is 20.8. The molecule has 3 rings (SSSR count). The van der Waals surface area contributed by atoms with Gasteiger partial charge >= 0.3 is 5.97 Å². The summed E-state index contributed by atoms with van der Waals surface area (Å²) in [5.41, 5.74) is 1.26. The zero-order valence-electron chi connectivity index (χ0n) is 15.9. The number of carbonyl (C=O) groups excluding carboxylic acids is 2. The summed E-state index contributed by atoms with van der Waals surface area (Å²) in [6.07, 6.45) is 4.73. The van der Waals surface area contributed by atoms with Gasteiger partial charge in [-0.25, -0.2) is 4.79 Å². The summed E-state index contributed by atoms with van der Waals surface area (Å²) < 4.78 is 5.11. The standard InChI is InChI=1S/C22H22N2O5/c1-29-17-12-10-16(11-13-17)24-21(26)19-5-3-2-4-18(19)20(25)23-15-8-6-14(7-9-15)22(27)28/h2-3,6-13,18-19H,4-5H2,1H3,(H,23,25)(H,24,26)(H,27,28). The van der Waals surface area contributed by atoms with E-state index in [0.29, 0.717) is 30.0 Å². The number of allylic oxidation sites excluding steroid dienone is 2. The van der Waals surface area contributed by atoms with Crippen molar-refractivity contribution in [2.75, 3.05) is 17.7 Å². The van der Waals surface area contributed by atoms with Crippen molar-refractivity contribution in [2.24, 2.45) is 11.8 Å². The molecule has 0 spiro atoms. The lowest BCUT2D eigenvalue weighted by molar-refractivity contribution is -0.129. The summed E-state index contributed by atoms with van der Waals surface area (Å²) in [4.78, 5) is 36.5. The summed E-state index contributed by atoms with van der Waals surface area (Å²) in [5.74, 6) is -1.85. The van der Waals surface area contributed by atoms with Crippen LogP contribution in [0.25, 0.3) is 0 Å². The maximum absolute atomic E-state index is 12.8. The van der Waals surface area contributed by atoms with E-state index >= 15 is 0 Å². The number of ether oxygens (including phenoxy) is 1. The number of carboxylic acid groups (broad SMARTS) is 1. The first-order valence-corrected chi connectivity index (χ1v) is 9.22. The average Bonchev–Trinajstić information content (AvgIpc) is 2.74. The molecule has 0 fully saturated rings. The van der Waals surface area contributed by atoms with Gasteiger partial charge in [0.25, 0.3) is 0 Å². The van der Waals surface area contributed by atoms with E-state index in [0.717, 1.165) is 0 Å². The molecule has 150 valence electrons. The van der Waals surface area contributed by atoms with Crippen LogP contribution in [0.15, 0.2) is 60.7 Å². The SMILES string of the molecule is COc1ccc(NC(=O)C2CC=CCC2C(=O)Nc2ccc(C(=O)O)cc2)cc1. The Kier molecular flexibility index (Phi) is 6.29. The summed E-state index contributed by atoms with van der Waals surface area (Å²) in [5, 5.41) is 14.6. The van der Waals surface area contributed by atoms with Gasteiger partial charge < -0.3 is 20.5 Å². The van der Waals surface area contributed by atoms with Crippen LogP contribution in [0, 0.1) is 11.8 Å². The van der Waals surface area contributed by atoms with Crippen LogP contribution in [0.2, 0.25) is 0 Å². The highest BCUT2D eigenvalue weighted by Gasteiger charge is 2.34. The number of anilines is 2. The van der Waals surface area contributed by atoms with Crippen molar-refractivity contribution >= 4 is 29.2 Å². The summed E-state index contributed by atoms with van der Waals surface area (Å²) in [6.45, 7) is 0. The second-order valence-corrected chi connectivity index (χ2v) is 6.75. The Morgan fingerprint density at radius 3 is 1.69 bits per heavy atom. The van der Waals surface area contributed by atoms with Crippen molar-refractivity contribution in [3.8, 4) is 5.75 Å². The number of amides is 2.